The number of hydrogen-bond acceptors (Lipinski definition) is 8. The molecule has 43 heavy (non-hydrogen) atoms. The molecule has 0 radical (unpaired) electrons. The van der Waals surface area contributed by atoms with Crippen LogP contribution in [-0.2, 0) is 4.57 Å². The molecular weight excluding hydrogens is 586 g/mol. The first-order valence-electron chi connectivity index (χ1n) is 13.4. The Morgan fingerprint density at radius 2 is 1.79 bits per heavy atom. The summed E-state index contributed by atoms with van der Waals surface area (Å²) < 4.78 is 61.1. The molecule has 2 heterocycles. The van der Waals surface area contributed by atoms with Crippen molar-refractivity contribution in [3.05, 3.63) is 82.9 Å². The number of ether oxygens (including phenoxy) is 1. The van der Waals surface area contributed by atoms with Crippen LogP contribution < -0.4 is 4.74 Å². The minimum atomic E-state index is -3.24. The van der Waals surface area contributed by atoms with E-state index in [1.54, 1.807) is 55.2 Å². The zero-order valence-corrected chi connectivity index (χ0v) is 24.7. The number of halogens is 3. The quantitative estimate of drug-likeness (QED) is 0.128. The number of hydrogen-bond donors (Lipinski definition) is 3. The molecule has 0 aliphatic carbocycles. The van der Waals surface area contributed by atoms with Crippen LogP contribution >= 0.6 is 7.14 Å². The predicted molar refractivity (Wildman–Crippen MR) is 154 cm³/mol. The van der Waals surface area contributed by atoms with Crippen LogP contribution in [0.5, 0.6) is 5.75 Å². The summed E-state index contributed by atoms with van der Waals surface area (Å²) in [5.41, 5.74) is 2.12. The van der Waals surface area contributed by atoms with Gasteiger partial charge in [-0.1, -0.05) is 37.3 Å². The van der Waals surface area contributed by atoms with Crippen molar-refractivity contribution < 1.29 is 42.6 Å². The number of imidazole rings is 1. The zero-order chi connectivity index (χ0) is 31.4. The number of alkyl halides is 2. The number of carbonyl (C=O) groups excluding carboxylic acids is 1. The molecule has 3 aromatic carbocycles. The van der Waals surface area contributed by atoms with Gasteiger partial charge in [0, 0.05) is 16.8 Å². The number of nitrogens with zero attached hydrogens (tertiary/aromatic N) is 3. The fourth-order valence-corrected chi connectivity index (χ4v) is 6.54. The van der Waals surface area contributed by atoms with Crippen LogP contribution in [0.3, 0.4) is 0 Å². The van der Waals surface area contributed by atoms with Gasteiger partial charge in [-0.2, -0.15) is 8.78 Å². The molecule has 0 bridgehead atoms. The van der Waals surface area contributed by atoms with E-state index < -0.39 is 43.4 Å². The summed E-state index contributed by atoms with van der Waals surface area (Å²) in [4.78, 5) is 17.6. The van der Waals surface area contributed by atoms with Crippen molar-refractivity contribution in [1.29, 1.82) is 0 Å². The molecule has 3 atom stereocenters. The molecular formula is C30H31F3N3O6P. The largest absolute Gasteiger partial charge is 0.434 e. The highest BCUT2D eigenvalue weighted by atomic mass is 31.2. The maximum absolute atomic E-state index is 15.2. The number of aliphatic hydroxyl groups is 3. The molecule has 0 saturated carbocycles. The third-order valence-electron chi connectivity index (χ3n) is 8.21. The van der Waals surface area contributed by atoms with E-state index in [1.807, 2.05) is 0 Å². The van der Waals surface area contributed by atoms with E-state index >= 15 is 4.39 Å². The molecule has 0 spiro atoms. The van der Waals surface area contributed by atoms with Crippen molar-refractivity contribution in [3.8, 4) is 16.9 Å². The number of rotatable bonds is 9. The molecule has 0 saturated heterocycles. The number of aromatic nitrogens is 2. The van der Waals surface area contributed by atoms with E-state index in [-0.39, 0.29) is 29.1 Å². The molecule has 13 heteroatoms. The standard InChI is InChI=1S/C30H31F3N3O6P/c1-16(43(3,4)41)20-10-8-17(12-21(20)31)18-9-11-22-23(13-18)36-24(14-25(28(36)34-22)35(2)30(38,39)40)27-19(15-37)6-5-7-26(27)42-29(32)33/h5-13,15-16,24-25,29,38-40H,14H2,1-4H3. The van der Waals surface area contributed by atoms with Gasteiger partial charge in [-0.15, -0.1) is 0 Å². The number of fused-ring (bicyclic) bond motifs is 3. The average Bonchev–Trinajstić information content (AvgIpc) is 3.47. The van der Waals surface area contributed by atoms with Crippen molar-refractivity contribution in [2.75, 3.05) is 20.4 Å². The molecule has 5 rings (SSSR count). The van der Waals surface area contributed by atoms with Crippen molar-refractivity contribution in [2.24, 2.45) is 0 Å². The fraction of sp³-hybridized carbons (Fsp3) is 0.333. The molecule has 3 N–H and O–H groups in total. The molecule has 228 valence electrons. The van der Waals surface area contributed by atoms with Crippen molar-refractivity contribution in [2.45, 2.75) is 43.8 Å². The Morgan fingerprint density at radius 1 is 1.12 bits per heavy atom. The van der Waals surface area contributed by atoms with Crippen molar-refractivity contribution in [3.63, 3.8) is 0 Å². The van der Waals surface area contributed by atoms with Crippen LogP contribution in [0.2, 0.25) is 0 Å². The third kappa shape index (κ3) is 5.73. The Labute approximate surface area is 245 Å². The van der Waals surface area contributed by atoms with E-state index in [0.29, 0.717) is 34.0 Å². The smallest absolute Gasteiger partial charge is 0.387 e. The number of aldehydes is 1. The SMILES string of the molecule is CC(c1ccc(-c2ccc3nc4n(c3c2)C(c2c(C=O)cccc2OC(F)F)CC4N(C)C(O)(O)O)cc1F)P(C)(C)=O. The molecule has 1 aromatic heterocycles. The molecule has 1 aliphatic heterocycles. The number of benzene rings is 3. The summed E-state index contributed by atoms with van der Waals surface area (Å²) in [6.07, 6.45) is -2.72. The van der Waals surface area contributed by atoms with Gasteiger partial charge in [0.15, 0.2) is 6.29 Å². The van der Waals surface area contributed by atoms with Gasteiger partial charge < -0.3 is 29.2 Å². The highest BCUT2D eigenvalue weighted by molar-refractivity contribution is 7.62. The summed E-state index contributed by atoms with van der Waals surface area (Å²) in [6, 6.07) is 12.2. The highest BCUT2D eigenvalue weighted by Gasteiger charge is 2.44. The van der Waals surface area contributed by atoms with E-state index in [1.165, 1.54) is 31.3 Å². The van der Waals surface area contributed by atoms with Crippen LogP contribution in [0.1, 0.15) is 58.4 Å². The lowest BCUT2D eigenvalue weighted by Gasteiger charge is -2.30. The molecule has 3 unspecified atom stereocenters. The van der Waals surface area contributed by atoms with Gasteiger partial charge >= 0.3 is 12.7 Å². The van der Waals surface area contributed by atoms with Crippen molar-refractivity contribution in [1.82, 2.24) is 14.5 Å². The number of carbonyl (C=O) groups is 1. The van der Waals surface area contributed by atoms with Crippen LogP contribution in [-0.4, -0.2) is 69.1 Å². The van der Waals surface area contributed by atoms with Crippen LogP contribution in [0.15, 0.2) is 54.6 Å². The molecule has 4 aromatic rings. The molecule has 1 aliphatic rings. The summed E-state index contributed by atoms with van der Waals surface area (Å²) in [6.45, 7) is 1.75. The van der Waals surface area contributed by atoms with Crippen molar-refractivity contribution >= 4 is 24.5 Å². The Hall–Kier alpha value is -3.54. The lowest BCUT2D eigenvalue weighted by molar-refractivity contribution is -0.396. The maximum Gasteiger partial charge on any atom is 0.387 e. The summed E-state index contributed by atoms with van der Waals surface area (Å²) in [5, 5.41) is 29.9. The first kappa shape index (κ1) is 30.9. The van der Waals surface area contributed by atoms with Gasteiger partial charge in [0.05, 0.1) is 30.3 Å². The van der Waals surface area contributed by atoms with Gasteiger partial charge in [-0.05, 0) is 67.8 Å². The Balaban J connectivity index is 1.70. The molecule has 0 fully saturated rings. The summed E-state index contributed by atoms with van der Waals surface area (Å²) in [5.74, 6) is -0.483. The maximum atomic E-state index is 15.2. The monoisotopic (exact) mass is 617 g/mol. The normalized spacial score (nSPS) is 18.0. The predicted octanol–water partition coefficient (Wildman–Crippen LogP) is 5.49. The second-order valence-electron chi connectivity index (χ2n) is 11.1. The van der Waals surface area contributed by atoms with Gasteiger partial charge in [-0.25, -0.2) is 14.3 Å². The lowest BCUT2D eigenvalue weighted by Crippen LogP contribution is -2.47. The Morgan fingerprint density at radius 3 is 2.40 bits per heavy atom. The van der Waals surface area contributed by atoms with Crippen LogP contribution in [0.25, 0.3) is 22.2 Å². The van der Waals surface area contributed by atoms with Crippen LogP contribution in [0, 0.1) is 5.82 Å². The van der Waals surface area contributed by atoms with Gasteiger partial charge in [-0.3, -0.25) is 4.79 Å². The summed E-state index contributed by atoms with van der Waals surface area (Å²) in [7, 11) is -1.35. The van der Waals surface area contributed by atoms with Crippen LogP contribution in [0.4, 0.5) is 13.2 Å². The second kappa shape index (κ2) is 11.2. The van der Waals surface area contributed by atoms with E-state index in [4.69, 9.17) is 4.74 Å². The fourth-order valence-electron chi connectivity index (χ4n) is 5.66. The Bertz CT molecular complexity index is 1750. The Kier molecular flexibility index (Phi) is 8.04. The molecule has 9 nitrogen and oxygen atoms in total. The molecule has 0 amide bonds. The van der Waals surface area contributed by atoms with Gasteiger partial charge in [0.1, 0.15) is 17.4 Å². The van der Waals surface area contributed by atoms with E-state index in [2.05, 4.69) is 4.98 Å². The van der Waals surface area contributed by atoms with E-state index in [9.17, 15) is 33.5 Å². The zero-order valence-electron chi connectivity index (χ0n) is 23.8. The summed E-state index contributed by atoms with van der Waals surface area (Å²) >= 11 is 0. The highest BCUT2D eigenvalue weighted by Crippen LogP contribution is 2.53. The van der Waals surface area contributed by atoms with E-state index in [0.717, 1.165) is 4.90 Å². The van der Waals surface area contributed by atoms with Gasteiger partial charge in [0.2, 0.25) is 0 Å². The van der Waals surface area contributed by atoms with Gasteiger partial charge in [0.25, 0.3) is 0 Å². The average molecular weight is 618 g/mol. The first-order chi connectivity index (χ1) is 20.1. The minimum absolute atomic E-state index is 0.00217. The second-order valence-corrected chi connectivity index (χ2v) is 14.8. The minimum Gasteiger partial charge on any atom is -0.434 e. The topological polar surface area (TPSA) is 125 Å². The lowest BCUT2D eigenvalue weighted by atomic mass is 9.96. The third-order valence-corrected chi connectivity index (χ3v) is 10.3. The first-order valence-corrected chi connectivity index (χ1v) is 16.1.